The second kappa shape index (κ2) is 7.99. The van der Waals surface area contributed by atoms with Crippen LogP contribution in [0.1, 0.15) is 12.0 Å². The van der Waals surface area contributed by atoms with Crippen LogP contribution in [-0.2, 0) is 11.2 Å². The third kappa shape index (κ3) is 5.60. The van der Waals surface area contributed by atoms with Crippen LogP contribution >= 0.6 is 0 Å². The monoisotopic (exact) mass is 288 g/mol. The van der Waals surface area contributed by atoms with E-state index in [0.717, 1.165) is 18.4 Å². The molecule has 0 saturated carbocycles. The molecule has 1 aromatic carbocycles. The van der Waals surface area contributed by atoms with Crippen molar-refractivity contribution < 1.29 is 13.9 Å². The van der Waals surface area contributed by atoms with Gasteiger partial charge in [0.25, 0.3) is 5.91 Å². The molecule has 2 rings (SSSR count). The number of ether oxygens (including phenoxy) is 1. The number of hydrogen-bond donors (Lipinski definition) is 1. The number of halogens is 1. The van der Waals surface area contributed by atoms with Crippen LogP contribution in [-0.4, -0.2) is 24.0 Å². The second-order valence-electron chi connectivity index (χ2n) is 4.56. The summed E-state index contributed by atoms with van der Waals surface area (Å²) in [5.41, 5.74) is 1.15. The first-order valence-electron chi connectivity index (χ1n) is 6.78. The predicted octanol–water partition coefficient (Wildman–Crippen LogP) is 2.35. The summed E-state index contributed by atoms with van der Waals surface area (Å²) in [5, 5.41) is 2.78. The number of pyridine rings is 1. The van der Waals surface area contributed by atoms with Crippen molar-refractivity contribution in [3.05, 3.63) is 60.2 Å². The molecule has 0 saturated heterocycles. The zero-order valence-electron chi connectivity index (χ0n) is 11.6. The Kier molecular flexibility index (Phi) is 5.70. The summed E-state index contributed by atoms with van der Waals surface area (Å²) in [6.07, 6.45) is 5.26. The minimum atomic E-state index is -0.331. The van der Waals surface area contributed by atoms with Crippen LogP contribution in [0.2, 0.25) is 0 Å². The third-order valence-corrected chi connectivity index (χ3v) is 2.87. The van der Waals surface area contributed by atoms with Crippen molar-refractivity contribution in [1.29, 1.82) is 0 Å². The molecule has 0 atom stereocenters. The molecule has 1 heterocycles. The summed E-state index contributed by atoms with van der Waals surface area (Å²) in [6, 6.07) is 9.47. The fourth-order valence-corrected chi connectivity index (χ4v) is 1.80. The number of hydrogen-bond acceptors (Lipinski definition) is 3. The summed E-state index contributed by atoms with van der Waals surface area (Å²) in [5.74, 6) is -0.0466. The highest BCUT2D eigenvalue weighted by Crippen LogP contribution is 2.10. The van der Waals surface area contributed by atoms with Crippen LogP contribution in [0.4, 0.5) is 4.39 Å². The highest BCUT2D eigenvalue weighted by Gasteiger charge is 2.02. The average molecular weight is 288 g/mol. The second-order valence-corrected chi connectivity index (χ2v) is 4.56. The molecule has 110 valence electrons. The molecule has 1 aromatic heterocycles. The van der Waals surface area contributed by atoms with E-state index in [4.69, 9.17) is 4.74 Å². The van der Waals surface area contributed by atoms with Crippen molar-refractivity contribution in [1.82, 2.24) is 10.3 Å². The van der Waals surface area contributed by atoms with E-state index in [1.807, 2.05) is 18.3 Å². The molecule has 4 nitrogen and oxygen atoms in total. The lowest BCUT2D eigenvalue weighted by atomic mass is 10.1. The van der Waals surface area contributed by atoms with E-state index >= 15 is 0 Å². The molecule has 5 heteroatoms. The molecule has 2 aromatic rings. The van der Waals surface area contributed by atoms with Gasteiger partial charge in [0.1, 0.15) is 11.6 Å². The molecule has 0 bridgehead atoms. The number of nitrogens with zero attached hydrogens (tertiary/aromatic N) is 1. The molecule has 0 aliphatic rings. The van der Waals surface area contributed by atoms with Crippen LogP contribution in [0, 0.1) is 5.82 Å². The van der Waals surface area contributed by atoms with Crippen molar-refractivity contribution in [2.45, 2.75) is 12.8 Å². The van der Waals surface area contributed by atoms with Gasteiger partial charge >= 0.3 is 0 Å². The number of rotatable bonds is 7. The van der Waals surface area contributed by atoms with Gasteiger partial charge in [0.2, 0.25) is 0 Å². The van der Waals surface area contributed by atoms with E-state index in [-0.39, 0.29) is 18.3 Å². The number of carbonyl (C=O) groups excluding carboxylic acids is 1. The zero-order valence-corrected chi connectivity index (χ0v) is 11.6. The predicted molar refractivity (Wildman–Crippen MR) is 77.5 cm³/mol. The van der Waals surface area contributed by atoms with Gasteiger partial charge in [-0.15, -0.1) is 0 Å². The van der Waals surface area contributed by atoms with Gasteiger partial charge in [0.15, 0.2) is 6.61 Å². The highest BCUT2D eigenvalue weighted by atomic mass is 19.1. The molecule has 0 aliphatic carbocycles. The molecule has 0 spiro atoms. The maximum absolute atomic E-state index is 12.7. The van der Waals surface area contributed by atoms with Crippen molar-refractivity contribution in [2.24, 2.45) is 0 Å². The topological polar surface area (TPSA) is 51.2 Å². The molecular weight excluding hydrogens is 271 g/mol. The van der Waals surface area contributed by atoms with Gasteiger partial charge in [0.05, 0.1) is 0 Å². The Bertz CT molecular complexity index is 558. The Morgan fingerprint density at radius 1 is 1.24 bits per heavy atom. The van der Waals surface area contributed by atoms with Gasteiger partial charge in [-0.3, -0.25) is 9.78 Å². The number of aryl methyl sites for hydroxylation is 1. The number of aromatic nitrogens is 1. The van der Waals surface area contributed by atoms with Crippen LogP contribution in [0.25, 0.3) is 0 Å². The first-order valence-corrected chi connectivity index (χ1v) is 6.78. The first kappa shape index (κ1) is 15.0. The molecule has 0 radical (unpaired) electrons. The Morgan fingerprint density at radius 2 is 2.05 bits per heavy atom. The average Bonchev–Trinajstić information content (AvgIpc) is 2.52. The molecule has 0 unspecified atom stereocenters. The lowest BCUT2D eigenvalue weighted by molar-refractivity contribution is -0.123. The molecular formula is C16H17FN2O2. The van der Waals surface area contributed by atoms with E-state index in [0.29, 0.717) is 12.3 Å². The number of amides is 1. The minimum Gasteiger partial charge on any atom is -0.484 e. The molecule has 1 amide bonds. The Morgan fingerprint density at radius 3 is 2.76 bits per heavy atom. The maximum atomic E-state index is 12.7. The van der Waals surface area contributed by atoms with Crippen LogP contribution in [0.5, 0.6) is 5.75 Å². The summed E-state index contributed by atoms with van der Waals surface area (Å²) >= 11 is 0. The summed E-state index contributed by atoms with van der Waals surface area (Å²) in [4.78, 5) is 15.6. The van der Waals surface area contributed by atoms with Crippen molar-refractivity contribution in [2.75, 3.05) is 13.2 Å². The van der Waals surface area contributed by atoms with E-state index < -0.39 is 0 Å². The normalized spacial score (nSPS) is 10.1. The quantitative estimate of drug-likeness (QED) is 0.796. The highest BCUT2D eigenvalue weighted by molar-refractivity contribution is 5.77. The number of nitrogens with one attached hydrogen (secondary N) is 1. The molecule has 0 aliphatic heterocycles. The lowest BCUT2D eigenvalue weighted by Gasteiger charge is -2.07. The lowest BCUT2D eigenvalue weighted by Crippen LogP contribution is -2.29. The molecule has 21 heavy (non-hydrogen) atoms. The fraction of sp³-hybridized carbons (Fsp3) is 0.250. The van der Waals surface area contributed by atoms with Gasteiger partial charge in [-0.1, -0.05) is 6.07 Å². The summed E-state index contributed by atoms with van der Waals surface area (Å²) < 4.78 is 17.9. The maximum Gasteiger partial charge on any atom is 0.257 e. The van der Waals surface area contributed by atoms with Crippen molar-refractivity contribution >= 4 is 5.91 Å². The third-order valence-electron chi connectivity index (χ3n) is 2.87. The Hall–Kier alpha value is -2.43. The Balaban J connectivity index is 1.60. The van der Waals surface area contributed by atoms with Gasteiger partial charge in [0, 0.05) is 18.9 Å². The molecule has 1 N–H and O–H groups in total. The van der Waals surface area contributed by atoms with E-state index in [2.05, 4.69) is 10.3 Å². The van der Waals surface area contributed by atoms with E-state index in [1.165, 1.54) is 24.3 Å². The van der Waals surface area contributed by atoms with Gasteiger partial charge < -0.3 is 10.1 Å². The van der Waals surface area contributed by atoms with Crippen LogP contribution < -0.4 is 10.1 Å². The minimum absolute atomic E-state index is 0.0709. The van der Waals surface area contributed by atoms with Gasteiger partial charge in [-0.2, -0.15) is 0 Å². The SMILES string of the molecule is O=C(COc1ccc(F)cc1)NCCCc1cccnc1. The zero-order chi connectivity index (χ0) is 14.9. The summed E-state index contributed by atoms with van der Waals surface area (Å²) in [6.45, 7) is 0.513. The van der Waals surface area contributed by atoms with Crippen LogP contribution in [0.3, 0.4) is 0 Å². The number of benzene rings is 1. The van der Waals surface area contributed by atoms with Gasteiger partial charge in [-0.05, 0) is 48.7 Å². The number of carbonyl (C=O) groups is 1. The van der Waals surface area contributed by atoms with Crippen molar-refractivity contribution in [3.8, 4) is 5.75 Å². The first-order chi connectivity index (χ1) is 10.2. The largest absolute Gasteiger partial charge is 0.484 e. The van der Waals surface area contributed by atoms with Crippen LogP contribution in [0.15, 0.2) is 48.8 Å². The fourth-order valence-electron chi connectivity index (χ4n) is 1.80. The molecule has 0 fully saturated rings. The smallest absolute Gasteiger partial charge is 0.257 e. The van der Waals surface area contributed by atoms with Crippen molar-refractivity contribution in [3.63, 3.8) is 0 Å². The Labute approximate surface area is 123 Å². The van der Waals surface area contributed by atoms with Gasteiger partial charge in [-0.25, -0.2) is 4.39 Å². The standard InChI is InChI=1S/C16H17FN2O2/c17-14-5-7-15(8-6-14)21-12-16(20)19-10-2-4-13-3-1-9-18-11-13/h1,3,5-9,11H,2,4,10,12H2,(H,19,20). The van der Waals surface area contributed by atoms with E-state index in [9.17, 15) is 9.18 Å². The summed E-state index contributed by atoms with van der Waals surface area (Å²) in [7, 11) is 0. The van der Waals surface area contributed by atoms with E-state index in [1.54, 1.807) is 6.20 Å².